The molecule has 1 heterocycles. The van der Waals surface area contributed by atoms with Gasteiger partial charge in [-0.3, -0.25) is 10.1 Å². The number of aryl methyl sites for hydroxylation is 1. The van der Waals surface area contributed by atoms with Gasteiger partial charge in [-0.15, -0.1) is 11.3 Å². The quantitative estimate of drug-likeness (QED) is 0.701. The van der Waals surface area contributed by atoms with Gasteiger partial charge in [0.05, 0.1) is 5.56 Å². The highest BCUT2D eigenvalue weighted by Crippen LogP contribution is 2.32. The van der Waals surface area contributed by atoms with E-state index >= 15 is 0 Å². The van der Waals surface area contributed by atoms with E-state index in [0.717, 1.165) is 29.7 Å². The summed E-state index contributed by atoms with van der Waals surface area (Å²) in [4.78, 5) is 24.2. The molecular formula is C13H21N3O2S. The van der Waals surface area contributed by atoms with E-state index in [0.29, 0.717) is 17.1 Å². The van der Waals surface area contributed by atoms with Gasteiger partial charge >= 0.3 is 6.03 Å². The van der Waals surface area contributed by atoms with Crippen molar-refractivity contribution in [1.29, 1.82) is 0 Å². The van der Waals surface area contributed by atoms with Gasteiger partial charge in [-0.25, -0.2) is 4.79 Å². The highest BCUT2D eigenvalue weighted by atomic mass is 32.1. The van der Waals surface area contributed by atoms with Crippen LogP contribution in [0.2, 0.25) is 0 Å². The zero-order valence-corrected chi connectivity index (χ0v) is 12.4. The number of thiophene rings is 1. The lowest BCUT2D eigenvalue weighted by molar-refractivity contribution is 0.100. The number of rotatable bonds is 6. The zero-order valence-electron chi connectivity index (χ0n) is 11.6. The van der Waals surface area contributed by atoms with Crippen molar-refractivity contribution in [2.45, 2.75) is 40.0 Å². The number of primary amides is 1. The summed E-state index contributed by atoms with van der Waals surface area (Å²) in [6.07, 6.45) is 2.67. The highest BCUT2D eigenvalue weighted by Gasteiger charge is 2.20. The van der Waals surface area contributed by atoms with Gasteiger partial charge in [0.2, 0.25) is 0 Å². The minimum absolute atomic E-state index is 0.292. The largest absolute Gasteiger partial charge is 0.365 e. The third-order valence-corrected chi connectivity index (χ3v) is 3.91. The van der Waals surface area contributed by atoms with Crippen LogP contribution in [-0.2, 0) is 6.42 Å². The number of hydrogen-bond donors (Lipinski definition) is 3. The van der Waals surface area contributed by atoms with Gasteiger partial charge in [0, 0.05) is 11.4 Å². The van der Waals surface area contributed by atoms with Gasteiger partial charge in [-0.1, -0.05) is 20.3 Å². The lowest BCUT2D eigenvalue weighted by Gasteiger charge is -2.07. The van der Waals surface area contributed by atoms with E-state index in [1.165, 1.54) is 11.3 Å². The van der Waals surface area contributed by atoms with Gasteiger partial charge in [0.1, 0.15) is 5.00 Å². The average Bonchev–Trinajstić information content (AvgIpc) is 2.65. The van der Waals surface area contributed by atoms with Crippen molar-refractivity contribution >= 4 is 28.3 Å². The average molecular weight is 283 g/mol. The molecule has 1 aromatic heterocycles. The summed E-state index contributed by atoms with van der Waals surface area (Å²) in [6, 6.07) is -0.292. The van der Waals surface area contributed by atoms with Crippen LogP contribution >= 0.6 is 11.3 Å². The van der Waals surface area contributed by atoms with Crippen LogP contribution in [0.1, 0.15) is 47.5 Å². The molecule has 0 aliphatic rings. The first-order chi connectivity index (χ1) is 9.01. The minimum atomic E-state index is -0.495. The number of unbranched alkanes of at least 4 members (excludes halogenated alkanes) is 1. The Labute approximate surface area is 117 Å². The molecule has 1 aromatic rings. The van der Waals surface area contributed by atoms with Gasteiger partial charge in [0.25, 0.3) is 5.91 Å². The topological polar surface area (TPSA) is 84.2 Å². The molecule has 19 heavy (non-hydrogen) atoms. The first-order valence-corrected chi connectivity index (χ1v) is 7.29. The summed E-state index contributed by atoms with van der Waals surface area (Å²) in [5.41, 5.74) is 6.76. The van der Waals surface area contributed by atoms with E-state index in [1.54, 1.807) is 0 Å². The van der Waals surface area contributed by atoms with Crippen LogP contribution in [0.25, 0.3) is 0 Å². The van der Waals surface area contributed by atoms with Crippen molar-refractivity contribution in [2.75, 3.05) is 11.9 Å². The maximum absolute atomic E-state index is 11.7. The standard InChI is InChI=1S/C13H21N3O2S/c1-4-6-7-15-13(18)16-12-10(11(14)17)9(5-2)8(3)19-12/h4-7H2,1-3H3,(H2,14,17)(H2,15,16,18). The number of urea groups is 1. The molecule has 0 radical (unpaired) electrons. The molecule has 0 aromatic carbocycles. The fourth-order valence-corrected chi connectivity index (χ4v) is 3.02. The minimum Gasteiger partial charge on any atom is -0.365 e. The second-order valence-electron chi connectivity index (χ2n) is 4.29. The Hall–Kier alpha value is -1.56. The fraction of sp³-hybridized carbons (Fsp3) is 0.538. The lowest BCUT2D eigenvalue weighted by Crippen LogP contribution is -2.30. The molecule has 0 spiro atoms. The van der Waals surface area contributed by atoms with Gasteiger partial charge in [0.15, 0.2) is 0 Å². The molecule has 0 atom stereocenters. The number of carbonyl (C=O) groups excluding carboxylic acids is 2. The number of hydrogen-bond acceptors (Lipinski definition) is 3. The molecule has 0 aliphatic carbocycles. The predicted octanol–water partition coefficient (Wildman–Crippen LogP) is 2.64. The fourth-order valence-electron chi connectivity index (χ4n) is 1.88. The van der Waals surface area contributed by atoms with Crippen molar-refractivity contribution in [2.24, 2.45) is 5.73 Å². The van der Waals surface area contributed by atoms with Crippen LogP contribution in [-0.4, -0.2) is 18.5 Å². The Bertz CT molecular complexity index is 469. The van der Waals surface area contributed by atoms with Gasteiger partial charge < -0.3 is 11.1 Å². The van der Waals surface area contributed by atoms with E-state index in [1.807, 2.05) is 13.8 Å². The Morgan fingerprint density at radius 2 is 2.00 bits per heavy atom. The molecule has 0 saturated carbocycles. The van der Waals surface area contributed by atoms with Crippen molar-refractivity contribution in [3.8, 4) is 0 Å². The van der Waals surface area contributed by atoms with Crippen LogP contribution in [0, 0.1) is 6.92 Å². The smallest absolute Gasteiger partial charge is 0.319 e. The molecule has 4 N–H and O–H groups in total. The maximum atomic E-state index is 11.7. The molecule has 5 nitrogen and oxygen atoms in total. The third-order valence-electron chi connectivity index (χ3n) is 2.85. The Balaban J connectivity index is 2.83. The number of anilines is 1. The maximum Gasteiger partial charge on any atom is 0.319 e. The number of nitrogens with one attached hydrogen (secondary N) is 2. The van der Waals surface area contributed by atoms with Gasteiger partial charge in [-0.2, -0.15) is 0 Å². The lowest BCUT2D eigenvalue weighted by atomic mass is 10.1. The van der Waals surface area contributed by atoms with E-state index in [2.05, 4.69) is 17.6 Å². The molecule has 0 bridgehead atoms. The summed E-state index contributed by atoms with van der Waals surface area (Å²) in [7, 11) is 0. The molecule has 106 valence electrons. The first kappa shape index (κ1) is 15.5. The van der Waals surface area contributed by atoms with Crippen molar-refractivity contribution in [3.63, 3.8) is 0 Å². The SMILES string of the molecule is CCCCNC(=O)Nc1sc(C)c(CC)c1C(N)=O. The monoisotopic (exact) mass is 283 g/mol. The molecule has 0 fully saturated rings. The second-order valence-corrected chi connectivity index (χ2v) is 5.52. The Morgan fingerprint density at radius 1 is 1.32 bits per heavy atom. The summed E-state index contributed by atoms with van der Waals surface area (Å²) in [5, 5.41) is 6.00. The number of nitrogens with two attached hydrogens (primary N) is 1. The summed E-state index contributed by atoms with van der Waals surface area (Å²) >= 11 is 1.39. The normalized spacial score (nSPS) is 10.3. The van der Waals surface area contributed by atoms with Crippen LogP contribution in [0.3, 0.4) is 0 Å². The Kier molecular flexibility index (Phi) is 5.82. The summed E-state index contributed by atoms with van der Waals surface area (Å²) < 4.78 is 0. The highest BCUT2D eigenvalue weighted by molar-refractivity contribution is 7.16. The van der Waals surface area contributed by atoms with Crippen molar-refractivity contribution in [3.05, 3.63) is 16.0 Å². The number of carbonyl (C=O) groups is 2. The molecule has 1 rings (SSSR count). The van der Waals surface area contributed by atoms with Crippen LogP contribution < -0.4 is 16.4 Å². The molecule has 6 heteroatoms. The summed E-state index contributed by atoms with van der Waals surface area (Å²) in [5.74, 6) is -0.495. The van der Waals surface area contributed by atoms with Crippen molar-refractivity contribution < 1.29 is 9.59 Å². The van der Waals surface area contributed by atoms with Crippen LogP contribution in [0.5, 0.6) is 0 Å². The van der Waals surface area contributed by atoms with E-state index < -0.39 is 5.91 Å². The Morgan fingerprint density at radius 3 is 2.53 bits per heavy atom. The summed E-state index contributed by atoms with van der Waals surface area (Å²) in [6.45, 7) is 6.57. The van der Waals surface area contributed by atoms with Crippen LogP contribution in [0.4, 0.5) is 9.80 Å². The van der Waals surface area contributed by atoms with E-state index in [4.69, 9.17) is 5.73 Å². The zero-order chi connectivity index (χ0) is 14.4. The molecule has 0 saturated heterocycles. The van der Waals surface area contributed by atoms with Crippen LogP contribution in [0.15, 0.2) is 0 Å². The van der Waals surface area contributed by atoms with Gasteiger partial charge in [-0.05, 0) is 25.3 Å². The molecule has 3 amide bonds. The predicted molar refractivity (Wildman–Crippen MR) is 78.9 cm³/mol. The second kappa shape index (κ2) is 7.13. The molecule has 0 aliphatic heterocycles. The van der Waals surface area contributed by atoms with E-state index in [-0.39, 0.29) is 6.03 Å². The van der Waals surface area contributed by atoms with Crippen molar-refractivity contribution in [1.82, 2.24) is 5.32 Å². The molecular weight excluding hydrogens is 262 g/mol. The number of amides is 3. The third kappa shape index (κ3) is 3.96. The van der Waals surface area contributed by atoms with E-state index in [9.17, 15) is 9.59 Å². The first-order valence-electron chi connectivity index (χ1n) is 6.48. The molecule has 0 unspecified atom stereocenters.